The molecule has 1 unspecified atom stereocenters. The summed E-state index contributed by atoms with van der Waals surface area (Å²) in [6.07, 6.45) is 9.54. The largest absolute Gasteiger partial charge is 0.312 e. The molecular weight excluding hydrogens is 530 g/mol. The molecular formula is C31H45N9S. The van der Waals surface area contributed by atoms with E-state index >= 15 is 0 Å². The van der Waals surface area contributed by atoms with Crippen LogP contribution in [-0.2, 0) is 0 Å². The quantitative estimate of drug-likeness (QED) is 0.201. The van der Waals surface area contributed by atoms with Gasteiger partial charge >= 0.3 is 0 Å². The third-order valence-electron chi connectivity index (χ3n) is 7.46. The molecule has 1 atom stereocenters. The molecule has 41 heavy (non-hydrogen) atoms. The number of imidazole rings is 2. The van der Waals surface area contributed by atoms with Crippen molar-refractivity contribution in [3.05, 3.63) is 52.8 Å². The summed E-state index contributed by atoms with van der Waals surface area (Å²) < 4.78 is 8.53. The molecule has 0 bridgehead atoms. The fraction of sp³-hybridized carbons (Fsp3) is 0.581. The van der Waals surface area contributed by atoms with Crippen LogP contribution in [0.1, 0.15) is 140 Å². The van der Waals surface area contributed by atoms with Crippen molar-refractivity contribution in [2.24, 2.45) is 0 Å². The molecule has 1 aliphatic rings. The van der Waals surface area contributed by atoms with E-state index in [1.165, 1.54) is 36.4 Å². The van der Waals surface area contributed by atoms with Crippen LogP contribution in [0, 0.1) is 6.92 Å². The summed E-state index contributed by atoms with van der Waals surface area (Å²) in [5.74, 6) is 2.80. The lowest BCUT2D eigenvalue weighted by atomic mass is 9.93. The Kier molecular flexibility index (Phi) is 9.84. The molecule has 0 spiro atoms. The fourth-order valence-corrected chi connectivity index (χ4v) is 5.49. The van der Waals surface area contributed by atoms with E-state index in [4.69, 9.17) is 9.97 Å². The van der Waals surface area contributed by atoms with Gasteiger partial charge in [0.25, 0.3) is 0 Å². The maximum Gasteiger partial charge on any atom is 0.164 e. The second-order valence-corrected chi connectivity index (χ2v) is 12.1. The normalized spacial score (nSPS) is 14.3. The standard InChI is InChI=1S/C15H22N4.C14H17N5S.C2H6/c1-9(2)12-13-15(18-14(17-12)10(3)4)19(8-16-13)11-6-5-7-11;1-8(2)12-13-14(18-10(4)17-12)19(7-15-13)9(3)11-5-16-20-6-11;1-2/h8-11H,5-7H2,1-4H3;5-9H,1-4H3;1-2H3. The maximum absolute atomic E-state index is 4.77. The van der Waals surface area contributed by atoms with Crippen molar-refractivity contribution in [2.75, 3.05) is 0 Å². The first-order valence-corrected chi connectivity index (χ1v) is 15.8. The summed E-state index contributed by atoms with van der Waals surface area (Å²) in [5.41, 5.74) is 7.12. The molecule has 0 amide bonds. The van der Waals surface area contributed by atoms with Crippen LogP contribution in [0.4, 0.5) is 0 Å². The van der Waals surface area contributed by atoms with Gasteiger partial charge in [-0.15, -0.1) is 0 Å². The zero-order chi connectivity index (χ0) is 29.8. The Hall–Kier alpha value is -3.27. The maximum atomic E-state index is 4.77. The van der Waals surface area contributed by atoms with Gasteiger partial charge in [-0.1, -0.05) is 55.4 Å². The van der Waals surface area contributed by atoms with Crippen LogP contribution < -0.4 is 0 Å². The van der Waals surface area contributed by atoms with E-state index in [0.29, 0.717) is 23.8 Å². The molecule has 1 aliphatic carbocycles. The van der Waals surface area contributed by atoms with Crippen molar-refractivity contribution in [1.29, 1.82) is 0 Å². The molecule has 1 saturated carbocycles. The first kappa shape index (κ1) is 30.7. The molecule has 1 fully saturated rings. The highest BCUT2D eigenvalue weighted by atomic mass is 32.1. The monoisotopic (exact) mass is 575 g/mol. The van der Waals surface area contributed by atoms with Crippen molar-refractivity contribution in [1.82, 2.24) is 43.4 Å². The lowest BCUT2D eigenvalue weighted by Crippen LogP contribution is -2.17. The van der Waals surface area contributed by atoms with E-state index in [2.05, 4.69) is 87.3 Å². The average Bonchev–Trinajstić information content (AvgIpc) is 3.68. The number of fused-ring (bicyclic) bond motifs is 2. The summed E-state index contributed by atoms with van der Waals surface area (Å²) in [4.78, 5) is 27.7. The smallest absolute Gasteiger partial charge is 0.164 e. The van der Waals surface area contributed by atoms with Crippen molar-refractivity contribution in [2.45, 2.75) is 118 Å². The zero-order valence-corrected chi connectivity index (χ0v) is 27.1. The number of nitrogens with zero attached hydrogens (tertiary/aromatic N) is 9. The summed E-state index contributed by atoms with van der Waals surface area (Å²) in [5, 5.41) is 2.06. The van der Waals surface area contributed by atoms with Crippen molar-refractivity contribution >= 4 is 33.9 Å². The van der Waals surface area contributed by atoms with Gasteiger partial charge in [-0.05, 0) is 56.5 Å². The summed E-state index contributed by atoms with van der Waals surface area (Å²) in [6.45, 7) is 21.0. The van der Waals surface area contributed by atoms with Gasteiger partial charge in [0.15, 0.2) is 11.3 Å². The highest BCUT2D eigenvalue weighted by Crippen LogP contribution is 2.35. The van der Waals surface area contributed by atoms with Gasteiger partial charge in [0, 0.05) is 29.1 Å². The van der Waals surface area contributed by atoms with Crippen LogP contribution in [-0.4, -0.2) is 43.4 Å². The van der Waals surface area contributed by atoms with Crippen LogP contribution in [0.2, 0.25) is 0 Å². The van der Waals surface area contributed by atoms with Crippen molar-refractivity contribution < 1.29 is 0 Å². The number of aromatic nitrogens is 9. The molecule has 9 nitrogen and oxygen atoms in total. The predicted octanol–water partition coefficient (Wildman–Crippen LogP) is 8.15. The average molecular weight is 576 g/mol. The number of hydrogen-bond donors (Lipinski definition) is 0. The Balaban J connectivity index is 0.000000178. The summed E-state index contributed by atoms with van der Waals surface area (Å²) >= 11 is 1.47. The minimum absolute atomic E-state index is 0.174. The lowest BCUT2D eigenvalue weighted by molar-refractivity contribution is 0.319. The van der Waals surface area contributed by atoms with E-state index in [1.807, 2.05) is 39.6 Å². The van der Waals surface area contributed by atoms with Gasteiger partial charge in [0.05, 0.1) is 30.1 Å². The van der Waals surface area contributed by atoms with Crippen LogP contribution in [0.25, 0.3) is 22.3 Å². The minimum atomic E-state index is 0.174. The first-order chi connectivity index (χ1) is 19.7. The molecule has 6 rings (SSSR count). The van der Waals surface area contributed by atoms with Crippen LogP contribution >= 0.6 is 11.5 Å². The third kappa shape index (κ3) is 6.32. The Morgan fingerprint density at radius 3 is 1.98 bits per heavy atom. The third-order valence-corrected chi connectivity index (χ3v) is 8.06. The topological polar surface area (TPSA) is 100 Å². The van der Waals surface area contributed by atoms with Crippen LogP contribution in [0.3, 0.4) is 0 Å². The molecule has 0 N–H and O–H groups in total. The molecule has 0 saturated heterocycles. The molecule has 5 aromatic heterocycles. The second kappa shape index (κ2) is 13.1. The first-order valence-electron chi connectivity index (χ1n) is 15.0. The number of hydrogen-bond acceptors (Lipinski definition) is 8. The summed E-state index contributed by atoms with van der Waals surface area (Å²) in [6, 6.07) is 0.771. The predicted molar refractivity (Wildman–Crippen MR) is 168 cm³/mol. The Bertz CT molecular complexity index is 1560. The fourth-order valence-electron chi connectivity index (χ4n) is 4.87. The van der Waals surface area contributed by atoms with E-state index in [9.17, 15) is 0 Å². The molecule has 0 radical (unpaired) electrons. The van der Waals surface area contributed by atoms with E-state index in [0.717, 1.165) is 45.4 Å². The Morgan fingerprint density at radius 1 is 0.780 bits per heavy atom. The number of aryl methyl sites for hydroxylation is 1. The minimum Gasteiger partial charge on any atom is -0.312 e. The number of rotatable bonds is 6. The van der Waals surface area contributed by atoms with E-state index < -0.39 is 0 Å². The van der Waals surface area contributed by atoms with Gasteiger partial charge in [0.2, 0.25) is 0 Å². The molecule has 220 valence electrons. The van der Waals surface area contributed by atoms with Crippen LogP contribution in [0.5, 0.6) is 0 Å². The second-order valence-electron chi connectivity index (χ2n) is 11.5. The SMILES string of the molecule is CC.CC(C)c1nc(C(C)C)c2ncn(C3CCC3)c2n1.Cc1nc(C(C)C)c2ncn(C(C)c3cnsc3)c2n1. The van der Waals surface area contributed by atoms with Gasteiger partial charge < -0.3 is 9.13 Å². The van der Waals surface area contributed by atoms with Gasteiger partial charge in [-0.2, -0.15) is 0 Å². The van der Waals surface area contributed by atoms with Crippen molar-refractivity contribution in [3.63, 3.8) is 0 Å². The Morgan fingerprint density at radius 2 is 1.41 bits per heavy atom. The van der Waals surface area contributed by atoms with E-state index in [-0.39, 0.29) is 6.04 Å². The molecule has 10 heteroatoms. The van der Waals surface area contributed by atoms with Crippen LogP contribution in [0.15, 0.2) is 24.2 Å². The molecule has 5 aromatic rings. The Labute approximate surface area is 248 Å². The zero-order valence-electron chi connectivity index (χ0n) is 26.3. The van der Waals surface area contributed by atoms with E-state index in [1.54, 1.807) is 0 Å². The van der Waals surface area contributed by atoms with Gasteiger partial charge in [-0.3, -0.25) is 0 Å². The molecule has 0 aliphatic heterocycles. The summed E-state index contributed by atoms with van der Waals surface area (Å²) in [7, 11) is 0. The molecule has 5 heterocycles. The highest BCUT2D eigenvalue weighted by molar-refractivity contribution is 7.03. The molecule has 0 aromatic carbocycles. The lowest BCUT2D eigenvalue weighted by Gasteiger charge is -2.27. The van der Waals surface area contributed by atoms with Crippen molar-refractivity contribution in [3.8, 4) is 0 Å². The van der Waals surface area contributed by atoms with Gasteiger partial charge in [0.1, 0.15) is 22.7 Å². The van der Waals surface area contributed by atoms with Gasteiger partial charge in [-0.25, -0.2) is 34.3 Å². The highest BCUT2D eigenvalue weighted by Gasteiger charge is 2.24.